The molecule has 0 atom stereocenters. The van der Waals surface area contributed by atoms with E-state index in [2.05, 4.69) is 11.2 Å². The number of carbonyl (C=O) groups excluding carboxylic acids is 1. The minimum absolute atomic E-state index is 0.0945. The summed E-state index contributed by atoms with van der Waals surface area (Å²) in [5.74, 6) is 4.12. The van der Waals surface area contributed by atoms with Gasteiger partial charge in [0.15, 0.2) is 11.5 Å². The number of terminal acetylenes is 1. The molecular weight excluding hydrogens is 318 g/mol. The van der Waals surface area contributed by atoms with E-state index in [0.29, 0.717) is 35.8 Å². The van der Waals surface area contributed by atoms with Gasteiger partial charge in [-0.15, -0.1) is 6.42 Å². The minimum Gasteiger partial charge on any atom is -0.493 e. The summed E-state index contributed by atoms with van der Waals surface area (Å²) in [7, 11) is 4.68. The maximum atomic E-state index is 12.2. The van der Waals surface area contributed by atoms with Crippen molar-refractivity contribution in [2.24, 2.45) is 0 Å². The molecule has 0 radical (unpaired) electrons. The van der Waals surface area contributed by atoms with Crippen molar-refractivity contribution in [1.82, 2.24) is 0 Å². The van der Waals surface area contributed by atoms with Crippen LogP contribution in [0, 0.1) is 12.3 Å². The van der Waals surface area contributed by atoms with Crippen LogP contribution < -0.4 is 19.5 Å². The summed E-state index contributed by atoms with van der Waals surface area (Å²) in [6.07, 6.45) is 6.22. The number of benzene rings is 2. The van der Waals surface area contributed by atoms with Crippen molar-refractivity contribution in [2.75, 3.05) is 26.6 Å². The normalized spacial score (nSPS) is 9.84. The van der Waals surface area contributed by atoms with Crippen LogP contribution in [-0.4, -0.2) is 27.2 Å². The molecule has 0 spiro atoms. The molecule has 2 aromatic carbocycles. The molecule has 0 aliphatic heterocycles. The van der Waals surface area contributed by atoms with Crippen LogP contribution in [-0.2, 0) is 11.2 Å². The van der Waals surface area contributed by atoms with Gasteiger partial charge in [-0.25, -0.2) is 0 Å². The van der Waals surface area contributed by atoms with Gasteiger partial charge in [0, 0.05) is 17.7 Å². The van der Waals surface area contributed by atoms with Crippen LogP contribution in [0.15, 0.2) is 36.4 Å². The van der Waals surface area contributed by atoms with E-state index in [1.807, 2.05) is 24.3 Å². The Labute approximate surface area is 147 Å². The second-order valence-corrected chi connectivity index (χ2v) is 5.31. The summed E-state index contributed by atoms with van der Waals surface area (Å²) in [6, 6.07) is 10.9. The lowest BCUT2D eigenvalue weighted by Crippen LogP contribution is -2.12. The number of hydrogen-bond acceptors (Lipinski definition) is 4. The molecule has 5 heteroatoms. The summed E-state index contributed by atoms with van der Waals surface area (Å²) in [5.41, 5.74) is 2.33. The third-order valence-corrected chi connectivity index (χ3v) is 3.68. The van der Waals surface area contributed by atoms with Gasteiger partial charge in [-0.05, 0) is 42.3 Å². The fraction of sp³-hybridized carbons (Fsp3) is 0.250. The molecular formula is C20H21NO4. The van der Waals surface area contributed by atoms with Crippen LogP contribution in [0.3, 0.4) is 0 Å². The molecule has 2 aromatic rings. The Balaban J connectivity index is 2.05. The van der Waals surface area contributed by atoms with Gasteiger partial charge < -0.3 is 19.5 Å². The number of methoxy groups -OCH3 is 3. The number of anilines is 1. The summed E-state index contributed by atoms with van der Waals surface area (Å²) in [6.45, 7) is 0. The van der Waals surface area contributed by atoms with Crippen molar-refractivity contribution in [2.45, 2.75) is 12.8 Å². The molecule has 5 nitrogen and oxygen atoms in total. The zero-order chi connectivity index (χ0) is 18.2. The fourth-order valence-corrected chi connectivity index (χ4v) is 2.45. The van der Waals surface area contributed by atoms with E-state index in [1.54, 1.807) is 33.5 Å². The van der Waals surface area contributed by atoms with Crippen LogP contribution in [0.1, 0.15) is 17.5 Å². The summed E-state index contributed by atoms with van der Waals surface area (Å²) in [4.78, 5) is 12.2. The standard InChI is InChI=1S/C20H21NO4/c1-5-14-7-6-8-16(11-14)21-19(22)10-9-15-12-17(23-2)20(25-4)18(13-15)24-3/h1,6-8,11-13H,9-10H2,2-4H3,(H,21,22). The molecule has 0 heterocycles. The Bertz CT molecular complexity index is 768. The topological polar surface area (TPSA) is 56.8 Å². The van der Waals surface area contributed by atoms with Gasteiger partial charge in [0.1, 0.15) is 0 Å². The first-order valence-electron chi connectivity index (χ1n) is 7.76. The van der Waals surface area contributed by atoms with Gasteiger partial charge in [-0.1, -0.05) is 12.0 Å². The third-order valence-electron chi connectivity index (χ3n) is 3.68. The zero-order valence-corrected chi connectivity index (χ0v) is 14.6. The molecule has 0 aliphatic rings. The molecule has 0 saturated heterocycles. The number of aryl methyl sites for hydroxylation is 1. The van der Waals surface area contributed by atoms with Crippen molar-refractivity contribution >= 4 is 11.6 Å². The van der Waals surface area contributed by atoms with Gasteiger partial charge in [-0.3, -0.25) is 4.79 Å². The van der Waals surface area contributed by atoms with E-state index >= 15 is 0 Å². The first-order chi connectivity index (χ1) is 12.1. The Morgan fingerprint density at radius 1 is 1.08 bits per heavy atom. The van der Waals surface area contributed by atoms with Crippen LogP contribution in [0.4, 0.5) is 5.69 Å². The first kappa shape index (κ1) is 18.2. The van der Waals surface area contributed by atoms with Crippen molar-refractivity contribution in [3.63, 3.8) is 0 Å². The minimum atomic E-state index is -0.0945. The molecule has 0 unspecified atom stereocenters. The van der Waals surface area contributed by atoms with E-state index in [4.69, 9.17) is 20.6 Å². The number of amides is 1. The predicted molar refractivity (Wildman–Crippen MR) is 97.4 cm³/mol. The number of nitrogens with one attached hydrogen (secondary N) is 1. The van der Waals surface area contributed by atoms with Gasteiger partial charge >= 0.3 is 0 Å². The Morgan fingerprint density at radius 2 is 1.76 bits per heavy atom. The Morgan fingerprint density at radius 3 is 2.32 bits per heavy atom. The second-order valence-electron chi connectivity index (χ2n) is 5.31. The molecule has 1 amide bonds. The fourth-order valence-electron chi connectivity index (χ4n) is 2.45. The van der Waals surface area contributed by atoms with Gasteiger partial charge in [0.25, 0.3) is 0 Å². The SMILES string of the molecule is C#Cc1cccc(NC(=O)CCc2cc(OC)c(OC)c(OC)c2)c1. The van der Waals surface area contributed by atoms with E-state index < -0.39 is 0 Å². The lowest BCUT2D eigenvalue weighted by atomic mass is 10.1. The lowest BCUT2D eigenvalue weighted by Gasteiger charge is -2.14. The third kappa shape index (κ3) is 4.67. The van der Waals surface area contributed by atoms with Crippen LogP contribution in [0.2, 0.25) is 0 Å². The predicted octanol–water partition coefficient (Wildman–Crippen LogP) is 3.27. The largest absolute Gasteiger partial charge is 0.493 e. The number of rotatable bonds is 7. The molecule has 1 N–H and O–H groups in total. The lowest BCUT2D eigenvalue weighted by molar-refractivity contribution is -0.116. The number of hydrogen-bond donors (Lipinski definition) is 1. The van der Waals surface area contributed by atoms with E-state index in [1.165, 1.54) is 0 Å². The Kier molecular flexibility index (Phi) is 6.30. The van der Waals surface area contributed by atoms with Crippen LogP contribution in [0.25, 0.3) is 0 Å². The highest BCUT2D eigenvalue weighted by molar-refractivity contribution is 5.91. The van der Waals surface area contributed by atoms with E-state index in [-0.39, 0.29) is 5.91 Å². The molecule has 0 aliphatic carbocycles. The monoisotopic (exact) mass is 339 g/mol. The van der Waals surface area contributed by atoms with Crippen LogP contribution in [0.5, 0.6) is 17.2 Å². The summed E-state index contributed by atoms with van der Waals surface area (Å²) >= 11 is 0. The highest BCUT2D eigenvalue weighted by Gasteiger charge is 2.14. The second kappa shape index (κ2) is 8.65. The van der Waals surface area contributed by atoms with Crippen LogP contribution >= 0.6 is 0 Å². The Hall–Kier alpha value is -3.13. The average Bonchev–Trinajstić information content (AvgIpc) is 2.65. The average molecular weight is 339 g/mol. The van der Waals surface area contributed by atoms with Gasteiger partial charge in [0.2, 0.25) is 11.7 Å². The van der Waals surface area contributed by atoms with Gasteiger partial charge in [-0.2, -0.15) is 0 Å². The molecule has 25 heavy (non-hydrogen) atoms. The highest BCUT2D eigenvalue weighted by atomic mass is 16.5. The molecule has 0 fully saturated rings. The van der Waals surface area contributed by atoms with Crippen molar-refractivity contribution in [1.29, 1.82) is 0 Å². The maximum Gasteiger partial charge on any atom is 0.224 e. The van der Waals surface area contributed by atoms with E-state index in [0.717, 1.165) is 11.1 Å². The first-order valence-corrected chi connectivity index (χ1v) is 7.76. The molecule has 0 saturated carbocycles. The van der Waals surface area contributed by atoms with Crippen molar-refractivity contribution < 1.29 is 19.0 Å². The van der Waals surface area contributed by atoms with Gasteiger partial charge in [0.05, 0.1) is 21.3 Å². The molecule has 130 valence electrons. The molecule has 2 rings (SSSR count). The summed E-state index contributed by atoms with van der Waals surface area (Å²) in [5, 5.41) is 2.84. The van der Waals surface area contributed by atoms with E-state index in [9.17, 15) is 4.79 Å². The smallest absolute Gasteiger partial charge is 0.224 e. The number of carbonyl (C=O) groups is 1. The van der Waals surface area contributed by atoms with Crippen molar-refractivity contribution in [3.05, 3.63) is 47.5 Å². The molecule has 0 bridgehead atoms. The quantitative estimate of drug-likeness (QED) is 0.787. The molecule has 0 aromatic heterocycles. The summed E-state index contributed by atoms with van der Waals surface area (Å²) < 4.78 is 15.9. The highest BCUT2D eigenvalue weighted by Crippen LogP contribution is 2.38. The zero-order valence-electron chi connectivity index (χ0n) is 14.6. The maximum absolute atomic E-state index is 12.2. The van der Waals surface area contributed by atoms with Crippen molar-refractivity contribution in [3.8, 4) is 29.6 Å². The number of ether oxygens (including phenoxy) is 3.